The average molecular weight is 356 g/mol. The van der Waals surface area contributed by atoms with E-state index >= 15 is 0 Å². The Morgan fingerprint density at radius 1 is 1.35 bits per heavy atom. The molecule has 138 valence electrons. The predicted molar refractivity (Wildman–Crippen MR) is 98.0 cm³/mol. The Bertz CT molecular complexity index is 813. The topological polar surface area (TPSA) is 76.5 Å². The summed E-state index contributed by atoms with van der Waals surface area (Å²) < 4.78 is 6.92. The summed E-state index contributed by atoms with van der Waals surface area (Å²) in [6.45, 7) is 4.28. The lowest BCUT2D eigenvalue weighted by molar-refractivity contribution is -0.126. The number of amides is 2. The molecule has 2 atom stereocenters. The zero-order valence-electron chi connectivity index (χ0n) is 15.5. The molecule has 1 N–H and O–H groups in total. The zero-order chi connectivity index (χ0) is 18.8. The molecular weight excluding hydrogens is 332 g/mol. The third kappa shape index (κ3) is 3.42. The van der Waals surface area contributed by atoms with Gasteiger partial charge in [0, 0.05) is 37.0 Å². The molecule has 0 spiro atoms. The van der Waals surface area contributed by atoms with Crippen molar-refractivity contribution in [1.29, 1.82) is 0 Å². The summed E-state index contributed by atoms with van der Waals surface area (Å²) in [7, 11) is 3.47. The lowest BCUT2D eigenvalue weighted by Gasteiger charge is -2.19. The summed E-state index contributed by atoms with van der Waals surface area (Å²) >= 11 is 0. The van der Waals surface area contributed by atoms with Gasteiger partial charge in [-0.05, 0) is 38.1 Å². The molecule has 1 aromatic heterocycles. The van der Waals surface area contributed by atoms with Crippen LogP contribution in [0.3, 0.4) is 0 Å². The fourth-order valence-electron chi connectivity index (χ4n) is 3.24. The van der Waals surface area contributed by atoms with Gasteiger partial charge in [-0.3, -0.25) is 14.3 Å². The third-order valence-electron chi connectivity index (χ3n) is 4.98. The van der Waals surface area contributed by atoms with Gasteiger partial charge in [-0.25, -0.2) is 0 Å². The third-order valence-corrected chi connectivity index (χ3v) is 4.98. The van der Waals surface area contributed by atoms with Crippen molar-refractivity contribution < 1.29 is 14.3 Å². The number of ether oxygens (including phenoxy) is 1. The minimum atomic E-state index is -0.357. The summed E-state index contributed by atoms with van der Waals surface area (Å²) in [6.07, 6.45) is 1.99. The van der Waals surface area contributed by atoms with Crippen LogP contribution < -0.4 is 15.0 Å². The van der Waals surface area contributed by atoms with E-state index in [1.165, 1.54) is 0 Å². The number of benzene rings is 1. The van der Waals surface area contributed by atoms with Crippen LogP contribution in [-0.2, 0) is 16.6 Å². The fourth-order valence-corrected chi connectivity index (χ4v) is 3.24. The Morgan fingerprint density at radius 2 is 2.04 bits per heavy atom. The molecule has 3 rings (SSSR count). The molecular formula is C19H24N4O3. The minimum absolute atomic E-state index is 0.0412. The van der Waals surface area contributed by atoms with Crippen molar-refractivity contribution in [3.05, 3.63) is 41.7 Å². The summed E-state index contributed by atoms with van der Waals surface area (Å²) in [5.74, 6) is 0.227. The SMILES string of the molecule is COc1ccc(N2CC(C(=O)NC(C)c3cnn(C)c3C)CC2=O)cc1. The largest absolute Gasteiger partial charge is 0.497 e. The van der Waals surface area contributed by atoms with E-state index in [4.69, 9.17) is 4.74 Å². The van der Waals surface area contributed by atoms with Gasteiger partial charge in [0.15, 0.2) is 0 Å². The van der Waals surface area contributed by atoms with Crippen LogP contribution in [0.15, 0.2) is 30.5 Å². The monoisotopic (exact) mass is 356 g/mol. The Kier molecular flexibility index (Phi) is 4.97. The minimum Gasteiger partial charge on any atom is -0.497 e. The maximum atomic E-state index is 12.6. The number of rotatable bonds is 5. The van der Waals surface area contributed by atoms with Crippen LogP contribution in [0.1, 0.15) is 30.6 Å². The first-order chi connectivity index (χ1) is 12.4. The maximum absolute atomic E-state index is 12.6. The number of carbonyl (C=O) groups excluding carboxylic acids is 2. The van der Waals surface area contributed by atoms with E-state index in [0.717, 1.165) is 22.7 Å². The number of aromatic nitrogens is 2. The van der Waals surface area contributed by atoms with Gasteiger partial charge < -0.3 is 15.0 Å². The van der Waals surface area contributed by atoms with Gasteiger partial charge in [-0.1, -0.05) is 0 Å². The molecule has 1 fully saturated rings. The molecule has 2 amide bonds. The second-order valence-corrected chi connectivity index (χ2v) is 6.64. The summed E-state index contributed by atoms with van der Waals surface area (Å²) in [6, 6.07) is 7.13. The number of hydrogen-bond acceptors (Lipinski definition) is 4. The van der Waals surface area contributed by atoms with Gasteiger partial charge in [0.2, 0.25) is 11.8 Å². The van der Waals surface area contributed by atoms with E-state index < -0.39 is 0 Å². The van der Waals surface area contributed by atoms with Crippen molar-refractivity contribution in [2.75, 3.05) is 18.6 Å². The maximum Gasteiger partial charge on any atom is 0.227 e. The predicted octanol–water partition coefficient (Wildman–Crippen LogP) is 1.97. The highest BCUT2D eigenvalue weighted by Crippen LogP contribution is 2.27. The van der Waals surface area contributed by atoms with Crippen LogP contribution in [0.5, 0.6) is 5.75 Å². The standard InChI is InChI=1S/C19H24N4O3/c1-12(17-10-20-22(3)13(17)2)21-19(25)14-9-18(24)23(11-14)15-5-7-16(26-4)8-6-15/h5-8,10,12,14H,9,11H2,1-4H3,(H,21,25). The molecule has 1 saturated heterocycles. The number of nitrogens with one attached hydrogen (secondary N) is 1. The van der Waals surface area contributed by atoms with Crippen LogP contribution in [0.25, 0.3) is 0 Å². The van der Waals surface area contributed by atoms with Crippen molar-refractivity contribution in [1.82, 2.24) is 15.1 Å². The second-order valence-electron chi connectivity index (χ2n) is 6.64. The number of methoxy groups -OCH3 is 1. The molecule has 0 aliphatic carbocycles. The van der Waals surface area contributed by atoms with Crippen LogP contribution in [0.2, 0.25) is 0 Å². The van der Waals surface area contributed by atoms with Gasteiger partial charge >= 0.3 is 0 Å². The smallest absolute Gasteiger partial charge is 0.227 e. The molecule has 0 saturated carbocycles. The zero-order valence-corrected chi connectivity index (χ0v) is 15.5. The molecule has 2 unspecified atom stereocenters. The molecule has 0 bridgehead atoms. The lowest BCUT2D eigenvalue weighted by Crippen LogP contribution is -2.34. The summed E-state index contributed by atoms with van der Waals surface area (Å²) in [4.78, 5) is 26.6. The Morgan fingerprint density at radius 3 is 2.62 bits per heavy atom. The first-order valence-corrected chi connectivity index (χ1v) is 8.64. The second kappa shape index (κ2) is 7.19. The normalized spacial score (nSPS) is 18.1. The van der Waals surface area contributed by atoms with Gasteiger partial charge in [-0.15, -0.1) is 0 Å². The van der Waals surface area contributed by atoms with Crippen LogP contribution in [-0.4, -0.2) is 35.2 Å². The molecule has 0 radical (unpaired) electrons. The van der Waals surface area contributed by atoms with Crippen LogP contribution >= 0.6 is 0 Å². The fraction of sp³-hybridized carbons (Fsp3) is 0.421. The number of nitrogens with zero attached hydrogens (tertiary/aromatic N) is 3. The van der Waals surface area contributed by atoms with Crippen LogP contribution in [0.4, 0.5) is 5.69 Å². The van der Waals surface area contributed by atoms with Gasteiger partial charge in [0.05, 0.1) is 25.3 Å². The number of anilines is 1. The van der Waals surface area contributed by atoms with Crippen molar-refractivity contribution in [3.63, 3.8) is 0 Å². The number of hydrogen-bond donors (Lipinski definition) is 1. The van der Waals surface area contributed by atoms with Crippen molar-refractivity contribution in [2.24, 2.45) is 13.0 Å². The Hall–Kier alpha value is -2.83. The highest BCUT2D eigenvalue weighted by atomic mass is 16.5. The van der Waals surface area contributed by atoms with E-state index in [2.05, 4.69) is 10.4 Å². The van der Waals surface area contributed by atoms with E-state index in [0.29, 0.717) is 6.54 Å². The van der Waals surface area contributed by atoms with E-state index in [-0.39, 0.29) is 30.2 Å². The molecule has 2 aromatic rings. The van der Waals surface area contributed by atoms with Gasteiger partial charge in [0.25, 0.3) is 0 Å². The quantitative estimate of drug-likeness (QED) is 0.889. The van der Waals surface area contributed by atoms with E-state index in [1.807, 2.05) is 45.2 Å². The van der Waals surface area contributed by atoms with Crippen LogP contribution in [0, 0.1) is 12.8 Å². The molecule has 7 nitrogen and oxygen atoms in total. The molecule has 26 heavy (non-hydrogen) atoms. The molecule has 1 aromatic carbocycles. The lowest BCUT2D eigenvalue weighted by atomic mass is 10.1. The molecule has 1 aliphatic heterocycles. The van der Waals surface area contributed by atoms with Gasteiger partial charge in [-0.2, -0.15) is 5.10 Å². The summed E-state index contributed by atoms with van der Waals surface area (Å²) in [5.41, 5.74) is 2.78. The number of carbonyl (C=O) groups is 2. The van der Waals surface area contributed by atoms with Crippen molar-refractivity contribution in [2.45, 2.75) is 26.3 Å². The van der Waals surface area contributed by atoms with E-state index in [1.54, 1.807) is 22.9 Å². The number of aryl methyl sites for hydroxylation is 1. The molecule has 1 aliphatic rings. The van der Waals surface area contributed by atoms with Crippen molar-refractivity contribution >= 4 is 17.5 Å². The highest BCUT2D eigenvalue weighted by Gasteiger charge is 2.35. The molecule has 7 heteroatoms. The average Bonchev–Trinajstić information content (AvgIpc) is 3.18. The van der Waals surface area contributed by atoms with Gasteiger partial charge in [0.1, 0.15) is 5.75 Å². The highest BCUT2D eigenvalue weighted by molar-refractivity contribution is 6.00. The first-order valence-electron chi connectivity index (χ1n) is 8.64. The Labute approximate surface area is 152 Å². The first kappa shape index (κ1) is 18.0. The summed E-state index contributed by atoms with van der Waals surface area (Å²) in [5, 5.41) is 7.22. The van der Waals surface area contributed by atoms with Crippen molar-refractivity contribution in [3.8, 4) is 5.75 Å². The Balaban J connectivity index is 1.65. The molecule has 2 heterocycles. The van der Waals surface area contributed by atoms with E-state index in [9.17, 15) is 9.59 Å².